The predicted molar refractivity (Wildman–Crippen MR) is 59.5 cm³/mol. The number of rotatable bonds is 4. The van der Waals surface area contributed by atoms with E-state index in [1.54, 1.807) is 6.21 Å². The Hall–Kier alpha value is -0.790. The smallest absolute Gasteiger partial charge is 0.0286 e. The third-order valence-electron chi connectivity index (χ3n) is 4.31. The molecule has 0 aromatic carbocycles. The zero-order valence-electron chi connectivity index (χ0n) is 8.92. The van der Waals surface area contributed by atoms with Crippen LogP contribution in [0.1, 0.15) is 32.6 Å². The van der Waals surface area contributed by atoms with E-state index in [0.717, 1.165) is 18.3 Å². The van der Waals surface area contributed by atoms with Gasteiger partial charge in [-0.25, -0.2) is 0 Å². The van der Waals surface area contributed by atoms with Gasteiger partial charge in [0.25, 0.3) is 0 Å². The fourth-order valence-electron chi connectivity index (χ4n) is 3.52. The van der Waals surface area contributed by atoms with E-state index in [2.05, 4.69) is 18.8 Å². The molecule has 2 N–H and O–H groups in total. The second kappa shape index (κ2) is 3.41. The molecule has 0 heterocycles. The average molecular weight is 192 g/mol. The second-order valence-corrected chi connectivity index (χ2v) is 5.17. The molecule has 4 atom stereocenters. The Kier molecular flexibility index (Phi) is 2.38. The molecule has 4 unspecified atom stereocenters. The Balaban J connectivity index is 2.01. The molecule has 0 aromatic heterocycles. The van der Waals surface area contributed by atoms with Gasteiger partial charge >= 0.3 is 0 Å². The van der Waals surface area contributed by atoms with E-state index in [9.17, 15) is 0 Å². The molecular formula is C12H20N2. The predicted octanol–water partition coefficient (Wildman–Crippen LogP) is 2.56. The molecule has 2 fully saturated rings. The summed E-state index contributed by atoms with van der Waals surface area (Å²) in [6.45, 7) is 6.09. The Morgan fingerprint density at radius 1 is 1.57 bits per heavy atom. The Morgan fingerprint density at radius 3 is 2.86 bits per heavy atom. The highest BCUT2D eigenvalue weighted by Gasteiger charge is 2.51. The van der Waals surface area contributed by atoms with Crippen LogP contribution < -0.4 is 5.32 Å². The molecule has 2 nitrogen and oxygen atoms in total. The van der Waals surface area contributed by atoms with Crippen molar-refractivity contribution in [3.05, 3.63) is 12.8 Å². The first-order valence-corrected chi connectivity index (χ1v) is 5.55. The molecule has 14 heavy (non-hydrogen) atoms. The Morgan fingerprint density at radius 2 is 2.36 bits per heavy atom. The van der Waals surface area contributed by atoms with Gasteiger partial charge < -0.3 is 10.7 Å². The lowest BCUT2D eigenvalue weighted by atomic mass is 9.71. The Bertz CT molecular complexity index is 249. The van der Waals surface area contributed by atoms with E-state index in [1.165, 1.54) is 19.3 Å². The maximum Gasteiger partial charge on any atom is 0.0286 e. The standard InChI is InChI=1S/C12H20N2/c1-3-14-11-7-10-6-9(11)8-12(10,2)4-5-13/h3,5,9-11,13-14H,1,4,6-8H2,2H3. The fourth-order valence-corrected chi connectivity index (χ4v) is 3.52. The third-order valence-corrected chi connectivity index (χ3v) is 4.31. The van der Waals surface area contributed by atoms with Gasteiger partial charge in [-0.05, 0) is 55.3 Å². The lowest BCUT2D eigenvalue weighted by molar-refractivity contribution is 0.179. The summed E-state index contributed by atoms with van der Waals surface area (Å²) in [5.74, 6) is 1.65. The van der Waals surface area contributed by atoms with Gasteiger partial charge in [0.2, 0.25) is 0 Å². The summed E-state index contributed by atoms with van der Waals surface area (Å²) in [5.41, 5.74) is 0.422. The summed E-state index contributed by atoms with van der Waals surface area (Å²) in [4.78, 5) is 0. The van der Waals surface area contributed by atoms with E-state index in [0.29, 0.717) is 11.5 Å². The zero-order valence-corrected chi connectivity index (χ0v) is 8.92. The van der Waals surface area contributed by atoms with Crippen molar-refractivity contribution in [1.82, 2.24) is 5.32 Å². The van der Waals surface area contributed by atoms with Gasteiger partial charge in [0.15, 0.2) is 0 Å². The van der Waals surface area contributed by atoms with Gasteiger partial charge in [-0.15, -0.1) is 0 Å². The lowest BCUT2D eigenvalue weighted by Crippen LogP contribution is -2.36. The van der Waals surface area contributed by atoms with Crippen LogP contribution in [0, 0.1) is 22.7 Å². The first-order valence-electron chi connectivity index (χ1n) is 5.55. The van der Waals surface area contributed by atoms with E-state index < -0.39 is 0 Å². The highest BCUT2D eigenvalue weighted by atomic mass is 14.9. The number of fused-ring (bicyclic) bond motifs is 2. The molecule has 2 heteroatoms. The maximum absolute atomic E-state index is 7.25. The van der Waals surface area contributed by atoms with Crippen molar-refractivity contribution >= 4 is 6.21 Å². The quantitative estimate of drug-likeness (QED) is 0.660. The van der Waals surface area contributed by atoms with Crippen LogP contribution in [0.25, 0.3) is 0 Å². The first kappa shape index (κ1) is 9.75. The van der Waals surface area contributed by atoms with Crippen LogP contribution >= 0.6 is 0 Å². The third kappa shape index (κ3) is 1.37. The van der Waals surface area contributed by atoms with Crippen molar-refractivity contribution in [2.75, 3.05) is 0 Å². The van der Waals surface area contributed by atoms with Crippen molar-refractivity contribution in [3.63, 3.8) is 0 Å². The largest absolute Gasteiger partial charge is 0.388 e. The first-order chi connectivity index (χ1) is 6.69. The van der Waals surface area contributed by atoms with Crippen LogP contribution in [0.5, 0.6) is 0 Å². The van der Waals surface area contributed by atoms with Crippen LogP contribution in [0.4, 0.5) is 0 Å². The topological polar surface area (TPSA) is 35.9 Å². The van der Waals surface area contributed by atoms with Crippen LogP contribution in [-0.2, 0) is 0 Å². The van der Waals surface area contributed by atoms with Crippen molar-refractivity contribution in [3.8, 4) is 0 Å². The van der Waals surface area contributed by atoms with E-state index in [1.807, 2.05) is 6.20 Å². The molecule has 0 amide bonds. The molecule has 2 aliphatic carbocycles. The van der Waals surface area contributed by atoms with Crippen LogP contribution in [0.15, 0.2) is 12.8 Å². The molecule has 0 saturated heterocycles. The van der Waals surface area contributed by atoms with E-state index in [-0.39, 0.29) is 0 Å². The molecule has 0 aliphatic heterocycles. The molecule has 2 rings (SSSR count). The minimum atomic E-state index is 0.422. The van der Waals surface area contributed by atoms with Gasteiger partial charge in [-0.3, -0.25) is 0 Å². The maximum atomic E-state index is 7.25. The fraction of sp³-hybridized carbons (Fsp3) is 0.750. The highest BCUT2D eigenvalue weighted by molar-refractivity contribution is 5.54. The van der Waals surface area contributed by atoms with Crippen LogP contribution in [-0.4, -0.2) is 12.3 Å². The van der Waals surface area contributed by atoms with Gasteiger partial charge in [0.05, 0.1) is 0 Å². The minimum absolute atomic E-state index is 0.422. The normalized spacial score (nSPS) is 45.1. The molecule has 78 valence electrons. The van der Waals surface area contributed by atoms with Gasteiger partial charge in [0.1, 0.15) is 0 Å². The van der Waals surface area contributed by atoms with Gasteiger partial charge in [-0.2, -0.15) is 0 Å². The van der Waals surface area contributed by atoms with Crippen molar-refractivity contribution in [1.29, 1.82) is 5.41 Å². The van der Waals surface area contributed by atoms with Gasteiger partial charge in [0, 0.05) is 6.04 Å². The molecule has 2 saturated carbocycles. The number of nitrogens with one attached hydrogen (secondary N) is 2. The molecule has 0 spiro atoms. The SMILES string of the molecule is C=CNC1CC2CC1CC2(C)CC=N. The van der Waals surface area contributed by atoms with Crippen molar-refractivity contribution in [2.45, 2.75) is 38.6 Å². The van der Waals surface area contributed by atoms with Crippen molar-refractivity contribution < 1.29 is 0 Å². The minimum Gasteiger partial charge on any atom is -0.388 e. The van der Waals surface area contributed by atoms with Crippen LogP contribution in [0.3, 0.4) is 0 Å². The summed E-state index contributed by atoms with van der Waals surface area (Å²) >= 11 is 0. The lowest BCUT2D eigenvalue weighted by Gasteiger charge is -2.36. The number of hydrogen-bond acceptors (Lipinski definition) is 2. The van der Waals surface area contributed by atoms with E-state index >= 15 is 0 Å². The van der Waals surface area contributed by atoms with Crippen LogP contribution in [0.2, 0.25) is 0 Å². The average Bonchev–Trinajstić information content (AvgIpc) is 2.62. The summed E-state index contributed by atoms with van der Waals surface area (Å²) in [6.07, 6.45) is 8.32. The molecular weight excluding hydrogens is 172 g/mol. The van der Waals surface area contributed by atoms with E-state index in [4.69, 9.17) is 5.41 Å². The summed E-state index contributed by atoms with van der Waals surface area (Å²) in [6, 6.07) is 0.663. The molecule has 0 aromatic rings. The Labute approximate surface area is 86.3 Å². The molecule has 0 radical (unpaired) electrons. The summed E-state index contributed by atoms with van der Waals surface area (Å²) in [5, 5.41) is 10.6. The monoisotopic (exact) mass is 192 g/mol. The zero-order chi connectivity index (χ0) is 10.2. The van der Waals surface area contributed by atoms with Gasteiger partial charge in [-0.1, -0.05) is 13.5 Å². The summed E-state index contributed by atoms with van der Waals surface area (Å²) in [7, 11) is 0. The second-order valence-electron chi connectivity index (χ2n) is 5.17. The molecule has 2 bridgehead atoms. The summed E-state index contributed by atoms with van der Waals surface area (Å²) < 4.78 is 0. The molecule has 2 aliphatic rings. The van der Waals surface area contributed by atoms with Crippen molar-refractivity contribution in [2.24, 2.45) is 17.3 Å². The highest BCUT2D eigenvalue weighted by Crippen LogP contribution is 2.57. The number of hydrogen-bond donors (Lipinski definition) is 2.